The molecule has 0 heterocycles. The van der Waals surface area contributed by atoms with Gasteiger partial charge in [-0.25, -0.2) is 0 Å². The number of hydrogen-bond acceptors (Lipinski definition) is 3. The van der Waals surface area contributed by atoms with Crippen LogP contribution in [0.2, 0.25) is 0 Å². The summed E-state index contributed by atoms with van der Waals surface area (Å²) in [6, 6.07) is 11.5. The van der Waals surface area contributed by atoms with Crippen LogP contribution >= 0.6 is 0 Å². The van der Waals surface area contributed by atoms with Crippen LogP contribution in [0.25, 0.3) is 0 Å². The second-order valence-corrected chi connectivity index (χ2v) is 8.22. The van der Waals surface area contributed by atoms with E-state index in [1.165, 1.54) is 0 Å². The number of carbonyl (C=O) groups is 2. The van der Waals surface area contributed by atoms with Crippen LogP contribution in [0.4, 0.5) is 0 Å². The highest BCUT2D eigenvalue weighted by Gasteiger charge is 2.28. The van der Waals surface area contributed by atoms with E-state index in [0.717, 1.165) is 34.2 Å². The maximum absolute atomic E-state index is 13.3. The number of benzene rings is 2. The normalized spacial score (nSPS) is 11.7. The first-order chi connectivity index (χ1) is 14.8. The van der Waals surface area contributed by atoms with E-state index in [4.69, 9.17) is 4.74 Å². The predicted molar refractivity (Wildman–Crippen MR) is 125 cm³/mol. The zero-order valence-electron chi connectivity index (χ0n) is 19.7. The molecule has 2 aromatic rings. The molecule has 2 amide bonds. The topological polar surface area (TPSA) is 58.6 Å². The highest BCUT2D eigenvalue weighted by molar-refractivity contribution is 5.88. The van der Waals surface area contributed by atoms with Crippen molar-refractivity contribution < 1.29 is 14.3 Å². The number of nitrogens with zero attached hydrogens (tertiary/aromatic N) is 1. The van der Waals surface area contributed by atoms with Crippen LogP contribution in [0.5, 0.6) is 5.75 Å². The average Bonchev–Trinajstić information content (AvgIpc) is 2.74. The Kier molecular flexibility index (Phi) is 9.10. The highest BCUT2D eigenvalue weighted by atomic mass is 16.5. The van der Waals surface area contributed by atoms with Gasteiger partial charge in [-0.1, -0.05) is 49.7 Å². The van der Waals surface area contributed by atoms with E-state index in [0.29, 0.717) is 25.3 Å². The van der Waals surface area contributed by atoms with Crippen molar-refractivity contribution in [3.63, 3.8) is 0 Å². The van der Waals surface area contributed by atoms with Crippen LogP contribution in [0, 0.1) is 27.7 Å². The zero-order chi connectivity index (χ0) is 23.0. The minimum atomic E-state index is -0.538. The monoisotopic (exact) mass is 424 g/mol. The van der Waals surface area contributed by atoms with E-state index >= 15 is 0 Å². The van der Waals surface area contributed by atoms with Crippen LogP contribution in [0.15, 0.2) is 36.4 Å². The summed E-state index contributed by atoms with van der Waals surface area (Å²) in [6.07, 6.45) is 1.39. The molecule has 0 saturated carbocycles. The molecule has 5 heteroatoms. The molecular weight excluding hydrogens is 388 g/mol. The lowest BCUT2D eigenvalue weighted by Gasteiger charge is -2.30. The van der Waals surface area contributed by atoms with E-state index in [2.05, 4.69) is 11.4 Å². The third kappa shape index (κ3) is 6.84. The number of rotatable bonds is 10. The van der Waals surface area contributed by atoms with Crippen molar-refractivity contribution in [3.05, 3.63) is 64.2 Å². The van der Waals surface area contributed by atoms with E-state index in [9.17, 15) is 9.59 Å². The molecule has 0 aromatic heterocycles. The molecule has 168 valence electrons. The summed E-state index contributed by atoms with van der Waals surface area (Å²) in [6.45, 7) is 12.9. The maximum atomic E-state index is 13.3. The van der Waals surface area contributed by atoms with Crippen molar-refractivity contribution in [2.45, 2.75) is 67.0 Å². The average molecular weight is 425 g/mol. The van der Waals surface area contributed by atoms with Gasteiger partial charge in [-0.2, -0.15) is 0 Å². The summed E-state index contributed by atoms with van der Waals surface area (Å²) >= 11 is 0. The fourth-order valence-electron chi connectivity index (χ4n) is 3.55. The third-order valence-corrected chi connectivity index (χ3v) is 5.52. The molecule has 0 aliphatic carbocycles. The van der Waals surface area contributed by atoms with Gasteiger partial charge in [-0.05, 0) is 68.9 Å². The molecule has 0 fully saturated rings. The number of aryl methyl sites for hydroxylation is 3. The predicted octanol–water partition coefficient (Wildman–Crippen LogP) is 4.63. The lowest BCUT2D eigenvalue weighted by atomic mass is 10.1. The smallest absolute Gasteiger partial charge is 0.261 e. The second kappa shape index (κ2) is 11.5. The fraction of sp³-hybridized carbons (Fsp3) is 0.462. The summed E-state index contributed by atoms with van der Waals surface area (Å²) in [5, 5.41) is 2.94. The third-order valence-electron chi connectivity index (χ3n) is 5.52. The Balaban J connectivity index is 2.24. The Morgan fingerprint density at radius 2 is 1.68 bits per heavy atom. The first-order valence-corrected chi connectivity index (χ1v) is 11.1. The largest absolute Gasteiger partial charge is 0.483 e. The Hall–Kier alpha value is -2.82. The highest BCUT2D eigenvalue weighted by Crippen LogP contribution is 2.23. The van der Waals surface area contributed by atoms with Crippen molar-refractivity contribution in [1.29, 1.82) is 0 Å². The van der Waals surface area contributed by atoms with Crippen LogP contribution < -0.4 is 10.1 Å². The molecular formula is C26H36N2O3. The number of hydrogen-bond donors (Lipinski definition) is 1. The zero-order valence-corrected chi connectivity index (χ0v) is 19.7. The Morgan fingerprint density at radius 3 is 2.29 bits per heavy atom. The van der Waals surface area contributed by atoms with Crippen LogP contribution in [0.1, 0.15) is 54.5 Å². The van der Waals surface area contributed by atoms with Crippen LogP contribution in [-0.4, -0.2) is 35.9 Å². The molecule has 1 atom stereocenters. The minimum absolute atomic E-state index is 0.104. The Morgan fingerprint density at radius 1 is 1.00 bits per heavy atom. The lowest BCUT2D eigenvalue weighted by molar-refractivity contribution is -0.143. The Labute approximate surface area is 186 Å². The van der Waals surface area contributed by atoms with Gasteiger partial charge in [-0.3, -0.25) is 9.59 Å². The lowest BCUT2D eigenvalue weighted by Crippen LogP contribution is -2.50. The van der Waals surface area contributed by atoms with Crippen LogP contribution in [0.3, 0.4) is 0 Å². The molecule has 2 rings (SSSR count). The molecule has 0 bridgehead atoms. The molecule has 5 nitrogen and oxygen atoms in total. The van der Waals surface area contributed by atoms with E-state index in [1.807, 2.05) is 71.9 Å². The number of carbonyl (C=O) groups excluding carboxylic acids is 2. The van der Waals surface area contributed by atoms with Crippen molar-refractivity contribution in [2.24, 2.45) is 0 Å². The molecule has 0 aliphatic rings. The van der Waals surface area contributed by atoms with Gasteiger partial charge in [0.2, 0.25) is 5.91 Å². The summed E-state index contributed by atoms with van der Waals surface area (Å²) in [7, 11) is 0. The van der Waals surface area contributed by atoms with E-state index in [1.54, 1.807) is 4.90 Å². The van der Waals surface area contributed by atoms with Gasteiger partial charge in [0.25, 0.3) is 5.91 Å². The first kappa shape index (κ1) is 24.4. The van der Waals surface area contributed by atoms with Crippen molar-refractivity contribution >= 4 is 11.8 Å². The molecule has 2 aromatic carbocycles. The van der Waals surface area contributed by atoms with Gasteiger partial charge in [-0.15, -0.1) is 0 Å². The molecule has 0 aliphatic heterocycles. The summed E-state index contributed by atoms with van der Waals surface area (Å²) < 4.78 is 5.93. The van der Waals surface area contributed by atoms with Gasteiger partial charge in [0.1, 0.15) is 11.8 Å². The molecule has 1 N–H and O–H groups in total. The molecule has 31 heavy (non-hydrogen) atoms. The van der Waals surface area contributed by atoms with Crippen molar-refractivity contribution in [3.8, 4) is 5.75 Å². The first-order valence-electron chi connectivity index (χ1n) is 11.1. The SMILES string of the molecule is CCCNC(=O)[C@@H](CC)N(Cc1ccc(C)cc1)C(=O)COc1cc(C)cc(C)c1C. The Bertz CT molecular complexity index is 890. The van der Waals surface area contributed by atoms with Gasteiger partial charge < -0.3 is 15.0 Å². The minimum Gasteiger partial charge on any atom is -0.483 e. The van der Waals surface area contributed by atoms with Gasteiger partial charge in [0, 0.05) is 13.1 Å². The van der Waals surface area contributed by atoms with Crippen molar-refractivity contribution in [1.82, 2.24) is 10.2 Å². The molecule has 0 unspecified atom stereocenters. The summed E-state index contributed by atoms with van der Waals surface area (Å²) in [5.74, 6) is 0.398. The van der Waals surface area contributed by atoms with E-state index in [-0.39, 0.29) is 18.4 Å². The van der Waals surface area contributed by atoms with Gasteiger partial charge >= 0.3 is 0 Å². The van der Waals surface area contributed by atoms with Crippen LogP contribution in [-0.2, 0) is 16.1 Å². The number of nitrogens with one attached hydrogen (secondary N) is 1. The number of ether oxygens (including phenoxy) is 1. The number of amides is 2. The van der Waals surface area contributed by atoms with E-state index < -0.39 is 6.04 Å². The summed E-state index contributed by atoms with van der Waals surface area (Å²) in [5.41, 5.74) is 5.39. The fourth-order valence-corrected chi connectivity index (χ4v) is 3.55. The van der Waals surface area contributed by atoms with Gasteiger partial charge in [0.05, 0.1) is 0 Å². The van der Waals surface area contributed by atoms with Gasteiger partial charge in [0.15, 0.2) is 6.61 Å². The maximum Gasteiger partial charge on any atom is 0.261 e. The standard InChI is InChI=1S/C26H36N2O3/c1-7-13-27-26(30)23(8-2)28(16-22-11-9-18(3)10-12-22)25(29)17-31-24-15-19(4)14-20(5)21(24)6/h9-12,14-15,23H,7-8,13,16-17H2,1-6H3,(H,27,30)/t23-/m1/s1. The quantitative estimate of drug-likeness (QED) is 0.605. The molecule has 0 spiro atoms. The molecule has 0 saturated heterocycles. The summed E-state index contributed by atoms with van der Waals surface area (Å²) in [4.78, 5) is 27.7. The second-order valence-electron chi connectivity index (χ2n) is 8.22. The van der Waals surface area contributed by atoms with Crippen molar-refractivity contribution in [2.75, 3.05) is 13.2 Å². The molecule has 0 radical (unpaired) electrons.